The summed E-state index contributed by atoms with van der Waals surface area (Å²) in [5.41, 5.74) is 6.18. The fourth-order valence-electron chi connectivity index (χ4n) is 2.21. The van der Waals surface area contributed by atoms with Crippen LogP contribution >= 0.6 is 15.9 Å². The molecule has 1 saturated heterocycles. The smallest absolute Gasteiger partial charge is 0.169 e. The Morgan fingerprint density at radius 1 is 1.60 bits per heavy atom. The van der Waals surface area contributed by atoms with Crippen LogP contribution in [0.1, 0.15) is 31.6 Å². The van der Waals surface area contributed by atoms with Crippen LogP contribution in [0.2, 0.25) is 0 Å². The lowest BCUT2D eigenvalue weighted by Crippen LogP contribution is -2.27. The molecule has 3 atom stereocenters. The van der Waals surface area contributed by atoms with Gasteiger partial charge in [-0.1, -0.05) is 6.92 Å². The first-order valence-corrected chi connectivity index (χ1v) is 6.14. The summed E-state index contributed by atoms with van der Waals surface area (Å²) >= 11 is 3.29. The highest BCUT2D eigenvalue weighted by Gasteiger charge is 2.33. The molecule has 1 aliphatic rings. The number of furan rings is 1. The van der Waals surface area contributed by atoms with E-state index in [1.54, 1.807) is 0 Å². The molecule has 2 rings (SSSR count). The third-order valence-electron chi connectivity index (χ3n) is 3.05. The van der Waals surface area contributed by atoms with Crippen LogP contribution in [-0.4, -0.2) is 12.7 Å². The predicted molar refractivity (Wildman–Crippen MR) is 61.5 cm³/mol. The van der Waals surface area contributed by atoms with Crippen molar-refractivity contribution < 1.29 is 9.15 Å². The van der Waals surface area contributed by atoms with E-state index in [0.29, 0.717) is 5.92 Å². The average Bonchev–Trinajstić information content (AvgIpc) is 2.84. The van der Waals surface area contributed by atoms with Crippen molar-refractivity contribution in [1.82, 2.24) is 0 Å². The molecule has 2 N–H and O–H groups in total. The summed E-state index contributed by atoms with van der Waals surface area (Å²) in [4.78, 5) is 0. The fraction of sp³-hybridized carbons (Fsp3) is 0.636. The zero-order valence-corrected chi connectivity index (χ0v) is 10.4. The number of ether oxygens (including phenoxy) is 1. The quantitative estimate of drug-likeness (QED) is 0.922. The van der Waals surface area contributed by atoms with Crippen molar-refractivity contribution >= 4 is 15.9 Å². The second-order valence-corrected chi connectivity index (χ2v) is 4.72. The van der Waals surface area contributed by atoms with Gasteiger partial charge in [-0.05, 0) is 40.9 Å². The van der Waals surface area contributed by atoms with Crippen LogP contribution in [0, 0.1) is 5.92 Å². The first kappa shape index (κ1) is 11.2. The summed E-state index contributed by atoms with van der Waals surface area (Å²) in [5.74, 6) is 1.23. The van der Waals surface area contributed by atoms with E-state index in [2.05, 4.69) is 22.9 Å². The van der Waals surface area contributed by atoms with E-state index in [4.69, 9.17) is 14.9 Å². The highest BCUT2D eigenvalue weighted by molar-refractivity contribution is 9.10. The molecule has 0 saturated carbocycles. The van der Waals surface area contributed by atoms with Crippen LogP contribution in [0.25, 0.3) is 0 Å². The lowest BCUT2D eigenvalue weighted by molar-refractivity contribution is 0.0792. The Kier molecular flexibility index (Phi) is 3.49. The van der Waals surface area contributed by atoms with E-state index in [9.17, 15) is 0 Å². The molecule has 0 bridgehead atoms. The normalized spacial score (nSPS) is 28.2. The van der Waals surface area contributed by atoms with Gasteiger partial charge in [0.15, 0.2) is 4.67 Å². The molecule has 1 aromatic heterocycles. The molecule has 1 fully saturated rings. The van der Waals surface area contributed by atoms with E-state index < -0.39 is 0 Å². The van der Waals surface area contributed by atoms with Crippen molar-refractivity contribution in [3.8, 4) is 0 Å². The third-order valence-corrected chi connectivity index (χ3v) is 3.47. The Balaban J connectivity index is 2.10. The number of nitrogens with two attached hydrogens (primary N) is 1. The molecule has 84 valence electrons. The molecule has 0 spiro atoms. The molecular formula is C11H16BrNO2. The van der Waals surface area contributed by atoms with Crippen LogP contribution in [0.15, 0.2) is 21.2 Å². The zero-order valence-electron chi connectivity index (χ0n) is 8.78. The standard InChI is InChI=1S/C11H16BrNO2/c1-2-8-7(5-6-14-8)11(13)9-3-4-10(12)15-9/h3-4,7-8,11H,2,5-6,13H2,1H3. The van der Waals surface area contributed by atoms with Crippen molar-refractivity contribution in [2.75, 3.05) is 6.61 Å². The minimum atomic E-state index is -0.0521. The van der Waals surface area contributed by atoms with Crippen molar-refractivity contribution in [3.63, 3.8) is 0 Å². The lowest BCUT2D eigenvalue weighted by Gasteiger charge is -2.21. The minimum absolute atomic E-state index is 0.0521. The molecular weight excluding hydrogens is 258 g/mol. The topological polar surface area (TPSA) is 48.4 Å². The number of hydrogen-bond acceptors (Lipinski definition) is 3. The van der Waals surface area contributed by atoms with E-state index in [1.807, 2.05) is 12.1 Å². The molecule has 2 heterocycles. The van der Waals surface area contributed by atoms with E-state index in [1.165, 1.54) is 0 Å². The molecule has 1 aliphatic heterocycles. The van der Waals surface area contributed by atoms with Gasteiger partial charge in [0.05, 0.1) is 12.1 Å². The van der Waals surface area contributed by atoms with Gasteiger partial charge in [-0.25, -0.2) is 0 Å². The van der Waals surface area contributed by atoms with Gasteiger partial charge in [-0.3, -0.25) is 0 Å². The maximum absolute atomic E-state index is 6.18. The summed E-state index contributed by atoms with van der Waals surface area (Å²) in [6.07, 6.45) is 2.32. The number of halogens is 1. The largest absolute Gasteiger partial charge is 0.453 e. The van der Waals surface area contributed by atoms with Crippen LogP contribution in [0.5, 0.6) is 0 Å². The van der Waals surface area contributed by atoms with Crippen LogP contribution < -0.4 is 5.73 Å². The summed E-state index contributed by atoms with van der Waals surface area (Å²) < 4.78 is 11.9. The summed E-state index contributed by atoms with van der Waals surface area (Å²) in [6.45, 7) is 2.95. The Morgan fingerprint density at radius 2 is 2.40 bits per heavy atom. The van der Waals surface area contributed by atoms with E-state index in [-0.39, 0.29) is 12.1 Å². The highest BCUT2D eigenvalue weighted by Crippen LogP contribution is 2.34. The maximum atomic E-state index is 6.18. The molecule has 0 radical (unpaired) electrons. The summed E-state index contributed by atoms with van der Waals surface area (Å²) in [7, 11) is 0. The molecule has 0 aromatic carbocycles. The lowest BCUT2D eigenvalue weighted by atomic mass is 9.90. The van der Waals surface area contributed by atoms with Crippen LogP contribution in [-0.2, 0) is 4.74 Å². The molecule has 4 heteroatoms. The van der Waals surface area contributed by atoms with Crippen molar-refractivity contribution in [2.24, 2.45) is 11.7 Å². The second kappa shape index (κ2) is 4.68. The molecule has 3 unspecified atom stereocenters. The van der Waals surface area contributed by atoms with Crippen molar-refractivity contribution in [2.45, 2.75) is 31.9 Å². The Morgan fingerprint density at radius 3 is 3.00 bits per heavy atom. The van der Waals surface area contributed by atoms with Gasteiger partial charge in [0.1, 0.15) is 5.76 Å². The Hall–Kier alpha value is -0.320. The highest BCUT2D eigenvalue weighted by atomic mass is 79.9. The SMILES string of the molecule is CCC1OCCC1C(N)c1ccc(Br)o1. The van der Waals surface area contributed by atoms with Gasteiger partial charge >= 0.3 is 0 Å². The van der Waals surface area contributed by atoms with Crippen LogP contribution in [0.4, 0.5) is 0 Å². The molecule has 0 aliphatic carbocycles. The molecule has 3 nitrogen and oxygen atoms in total. The van der Waals surface area contributed by atoms with Crippen molar-refractivity contribution in [3.05, 3.63) is 22.6 Å². The fourth-order valence-corrected chi connectivity index (χ4v) is 2.53. The monoisotopic (exact) mass is 273 g/mol. The second-order valence-electron chi connectivity index (χ2n) is 3.94. The van der Waals surface area contributed by atoms with Gasteiger partial charge in [-0.15, -0.1) is 0 Å². The number of hydrogen-bond donors (Lipinski definition) is 1. The molecule has 15 heavy (non-hydrogen) atoms. The van der Waals surface area contributed by atoms with Gasteiger partial charge < -0.3 is 14.9 Å². The van der Waals surface area contributed by atoms with Gasteiger partial charge in [0.25, 0.3) is 0 Å². The average molecular weight is 274 g/mol. The zero-order chi connectivity index (χ0) is 10.8. The predicted octanol–water partition coefficient (Wildman–Crippen LogP) is 2.86. The van der Waals surface area contributed by atoms with E-state index in [0.717, 1.165) is 29.9 Å². The van der Waals surface area contributed by atoms with Gasteiger partial charge in [0, 0.05) is 12.5 Å². The van der Waals surface area contributed by atoms with E-state index >= 15 is 0 Å². The summed E-state index contributed by atoms with van der Waals surface area (Å²) in [6, 6.07) is 3.76. The summed E-state index contributed by atoms with van der Waals surface area (Å²) in [5, 5.41) is 0. The Labute approximate surface area is 98.1 Å². The first-order valence-electron chi connectivity index (χ1n) is 5.34. The van der Waals surface area contributed by atoms with Gasteiger partial charge in [0.2, 0.25) is 0 Å². The minimum Gasteiger partial charge on any atom is -0.453 e. The van der Waals surface area contributed by atoms with Gasteiger partial charge in [-0.2, -0.15) is 0 Å². The Bertz CT molecular complexity index is 326. The third kappa shape index (κ3) is 2.27. The number of rotatable bonds is 3. The molecule has 1 aromatic rings. The van der Waals surface area contributed by atoms with Crippen LogP contribution in [0.3, 0.4) is 0 Å². The first-order chi connectivity index (χ1) is 7.22. The molecule has 0 amide bonds. The van der Waals surface area contributed by atoms with Crippen molar-refractivity contribution in [1.29, 1.82) is 0 Å². The maximum Gasteiger partial charge on any atom is 0.169 e.